The molecular weight excluding hydrogens is 288 g/mol. The third-order valence-corrected chi connectivity index (χ3v) is 4.17. The summed E-state index contributed by atoms with van der Waals surface area (Å²) in [6.45, 7) is 5.68. The van der Waals surface area contributed by atoms with E-state index in [1.165, 1.54) is 10.8 Å². The summed E-state index contributed by atoms with van der Waals surface area (Å²) in [4.78, 5) is 12.3. The molecule has 4 heteroatoms. The van der Waals surface area contributed by atoms with Gasteiger partial charge >= 0.3 is 0 Å². The van der Waals surface area contributed by atoms with Crippen LogP contribution in [-0.2, 0) is 11.2 Å². The van der Waals surface area contributed by atoms with Crippen molar-refractivity contribution in [3.8, 4) is 0 Å². The summed E-state index contributed by atoms with van der Waals surface area (Å²) in [5, 5.41) is 9.31. The summed E-state index contributed by atoms with van der Waals surface area (Å²) in [7, 11) is 0. The van der Waals surface area contributed by atoms with Gasteiger partial charge in [-0.15, -0.1) is 0 Å². The van der Waals surface area contributed by atoms with Crippen molar-refractivity contribution in [2.45, 2.75) is 33.2 Å². The van der Waals surface area contributed by atoms with Gasteiger partial charge < -0.3 is 9.84 Å². The minimum atomic E-state index is -0.0485. The van der Waals surface area contributed by atoms with Gasteiger partial charge in [0.05, 0.1) is 18.2 Å². The number of fused-ring (bicyclic) bond motifs is 1. The van der Waals surface area contributed by atoms with E-state index >= 15 is 0 Å². The van der Waals surface area contributed by atoms with E-state index in [2.05, 4.69) is 40.8 Å². The lowest BCUT2D eigenvalue weighted by atomic mass is 10.0. The molecular formula is C19H20N2O2. The Hall–Kier alpha value is -2.62. The molecule has 118 valence electrons. The topological polar surface area (TPSA) is 55.1 Å². The van der Waals surface area contributed by atoms with Gasteiger partial charge in [0.2, 0.25) is 5.91 Å². The zero-order valence-electron chi connectivity index (χ0n) is 13.6. The molecule has 3 rings (SSSR count). The summed E-state index contributed by atoms with van der Waals surface area (Å²) in [5.41, 5.74) is 2.74. The Bertz CT molecular complexity index is 832. The fourth-order valence-electron chi connectivity index (χ4n) is 2.77. The smallest absolute Gasteiger partial charge is 0.225 e. The van der Waals surface area contributed by atoms with Gasteiger partial charge in [-0.1, -0.05) is 41.6 Å². The van der Waals surface area contributed by atoms with Crippen LogP contribution in [-0.4, -0.2) is 11.1 Å². The van der Waals surface area contributed by atoms with Crippen molar-refractivity contribution in [3.63, 3.8) is 0 Å². The predicted octanol–water partition coefficient (Wildman–Crippen LogP) is 3.86. The second-order valence-corrected chi connectivity index (χ2v) is 5.88. The van der Waals surface area contributed by atoms with Crippen LogP contribution < -0.4 is 5.32 Å². The van der Waals surface area contributed by atoms with E-state index in [4.69, 9.17) is 4.52 Å². The molecule has 1 heterocycles. The van der Waals surface area contributed by atoms with Crippen molar-refractivity contribution in [1.29, 1.82) is 0 Å². The normalized spacial score (nSPS) is 12.3. The first-order chi connectivity index (χ1) is 11.0. The van der Waals surface area contributed by atoms with Crippen LogP contribution in [0, 0.1) is 13.8 Å². The number of carbonyl (C=O) groups excluding carboxylic acids is 1. The molecule has 0 aliphatic carbocycles. The Morgan fingerprint density at radius 2 is 1.91 bits per heavy atom. The number of benzene rings is 2. The third-order valence-electron chi connectivity index (χ3n) is 4.17. The zero-order valence-corrected chi connectivity index (χ0v) is 13.6. The van der Waals surface area contributed by atoms with Crippen LogP contribution in [0.2, 0.25) is 0 Å². The molecule has 0 bridgehead atoms. The average molecular weight is 308 g/mol. The second-order valence-electron chi connectivity index (χ2n) is 5.88. The molecule has 1 atom stereocenters. The molecule has 4 nitrogen and oxygen atoms in total. The minimum Gasteiger partial charge on any atom is -0.361 e. The fourth-order valence-corrected chi connectivity index (χ4v) is 2.77. The van der Waals surface area contributed by atoms with Gasteiger partial charge in [-0.2, -0.15) is 0 Å². The number of hydrogen-bond acceptors (Lipinski definition) is 3. The van der Waals surface area contributed by atoms with Gasteiger partial charge in [-0.25, -0.2) is 0 Å². The summed E-state index contributed by atoms with van der Waals surface area (Å²) in [5.74, 6) is 0.677. The first kappa shape index (κ1) is 15.3. The largest absolute Gasteiger partial charge is 0.361 e. The van der Waals surface area contributed by atoms with Crippen molar-refractivity contribution < 1.29 is 9.32 Å². The summed E-state index contributed by atoms with van der Waals surface area (Å²) < 4.78 is 5.10. The van der Waals surface area contributed by atoms with Crippen molar-refractivity contribution in [2.24, 2.45) is 0 Å². The number of rotatable bonds is 4. The second kappa shape index (κ2) is 6.24. The van der Waals surface area contributed by atoms with Crippen LogP contribution in [0.15, 0.2) is 47.0 Å². The highest BCUT2D eigenvalue weighted by atomic mass is 16.5. The lowest BCUT2D eigenvalue weighted by molar-refractivity contribution is -0.121. The molecule has 1 aromatic heterocycles. The monoisotopic (exact) mass is 308 g/mol. The Kier molecular flexibility index (Phi) is 4.15. The molecule has 1 unspecified atom stereocenters. The maximum Gasteiger partial charge on any atom is 0.225 e. The number of aromatic nitrogens is 1. The number of amides is 1. The molecule has 0 aliphatic rings. The number of aryl methyl sites for hydroxylation is 2. The Morgan fingerprint density at radius 1 is 1.17 bits per heavy atom. The quantitative estimate of drug-likeness (QED) is 0.796. The van der Waals surface area contributed by atoms with E-state index in [1.807, 2.05) is 32.9 Å². The van der Waals surface area contributed by atoms with E-state index in [-0.39, 0.29) is 11.9 Å². The molecule has 0 saturated carbocycles. The van der Waals surface area contributed by atoms with Crippen molar-refractivity contribution in [2.75, 3.05) is 0 Å². The summed E-state index contributed by atoms with van der Waals surface area (Å²) in [6.07, 6.45) is 0.291. The summed E-state index contributed by atoms with van der Waals surface area (Å²) in [6, 6.07) is 14.4. The van der Waals surface area contributed by atoms with Gasteiger partial charge in [0, 0.05) is 5.56 Å². The van der Waals surface area contributed by atoms with Gasteiger partial charge in [0.25, 0.3) is 0 Å². The molecule has 1 N–H and O–H groups in total. The Morgan fingerprint density at radius 3 is 2.61 bits per heavy atom. The van der Waals surface area contributed by atoms with Crippen molar-refractivity contribution >= 4 is 16.7 Å². The van der Waals surface area contributed by atoms with E-state index in [0.29, 0.717) is 12.2 Å². The standard InChI is InChI=1S/C19H20N2O2/c1-12(16-9-8-15-6-4-5-7-17(15)10-16)20-19(22)11-18-13(2)21-23-14(18)3/h4-10,12H,11H2,1-3H3,(H,20,22). The molecule has 23 heavy (non-hydrogen) atoms. The van der Waals surface area contributed by atoms with E-state index in [1.54, 1.807) is 0 Å². The molecule has 1 amide bonds. The summed E-state index contributed by atoms with van der Waals surface area (Å²) >= 11 is 0. The SMILES string of the molecule is Cc1noc(C)c1CC(=O)NC(C)c1ccc2ccccc2c1. The van der Waals surface area contributed by atoms with Gasteiger partial charge in [-0.05, 0) is 43.2 Å². The number of carbonyl (C=O) groups is 1. The highest BCUT2D eigenvalue weighted by Gasteiger charge is 2.15. The van der Waals surface area contributed by atoms with Gasteiger partial charge in [-0.3, -0.25) is 4.79 Å². The van der Waals surface area contributed by atoms with Crippen LogP contribution in [0.4, 0.5) is 0 Å². The molecule has 0 aliphatic heterocycles. The maximum absolute atomic E-state index is 12.3. The van der Waals surface area contributed by atoms with Crippen LogP contribution in [0.5, 0.6) is 0 Å². The Labute approximate surface area is 135 Å². The lowest BCUT2D eigenvalue weighted by Crippen LogP contribution is -2.28. The molecule has 0 radical (unpaired) electrons. The lowest BCUT2D eigenvalue weighted by Gasteiger charge is -2.15. The van der Waals surface area contributed by atoms with Crippen LogP contribution in [0.3, 0.4) is 0 Å². The van der Waals surface area contributed by atoms with E-state index < -0.39 is 0 Å². The molecule has 2 aromatic carbocycles. The third kappa shape index (κ3) is 3.26. The first-order valence-corrected chi connectivity index (χ1v) is 7.74. The fraction of sp³-hybridized carbons (Fsp3) is 0.263. The van der Waals surface area contributed by atoms with E-state index in [0.717, 1.165) is 16.8 Å². The van der Waals surface area contributed by atoms with Gasteiger partial charge in [0.1, 0.15) is 5.76 Å². The maximum atomic E-state index is 12.3. The molecule has 0 saturated heterocycles. The van der Waals surface area contributed by atoms with Gasteiger partial charge in [0.15, 0.2) is 0 Å². The Balaban J connectivity index is 1.72. The van der Waals surface area contributed by atoms with Crippen LogP contribution in [0.25, 0.3) is 10.8 Å². The first-order valence-electron chi connectivity index (χ1n) is 7.74. The highest BCUT2D eigenvalue weighted by molar-refractivity contribution is 5.83. The molecule has 3 aromatic rings. The predicted molar refractivity (Wildman–Crippen MR) is 90.2 cm³/mol. The van der Waals surface area contributed by atoms with Crippen molar-refractivity contribution in [1.82, 2.24) is 10.5 Å². The molecule has 0 fully saturated rings. The number of hydrogen-bond donors (Lipinski definition) is 1. The van der Waals surface area contributed by atoms with Crippen molar-refractivity contribution in [3.05, 3.63) is 65.0 Å². The number of nitrogens with zero attached hydrogens (tertiary/aromatic N) is 1. The van der Waals surface area contributed by atoms with Crippen LogP contribution in [0.1, 0.15) is 35.5 Å². The average Bonchev–Trinajstić information content (AvgIpc) is 2.86. The zero-order chi connectivity index (χ0) is 16.4. The molecule has 0 spiro atoms. The highest BCUT2D eigenvalue weighted by Crippen LogP contribution is 2.20. The minimum absolute atomic E-state index is 0.0277. The van der Waals surface area contributed by atoms with Crippen LogP contribution >= 0.6 is 0 Å². The van der Waals surface area contributed by atoms with E-state index in [9.17, 15) is 4.79 Å². The number of nitrogens with one attached hydrogen (secondary N) is 1.